The number of nitrogens with zero attached hydrogens (tertiary/aromatic N) is 2. The molecule has 0 saturated heterocycles. The standard InChI is InChI=1S/C19H40N2/c1-6-11-14-19(20(15-9-4)17-12-7-2)21(16-10-5)18-13-8-3/h6,19H,1,7-18H2,2-5H3. The van der Waals surface area contributed by atoms with Crippen LogP contribution in [0.2, 0.25) is 0 Å². The van der Waals surface area contributed by atoms with Gasteiger partial charge in [-0.05, 0) is 64.7 Å². The Bertz CT molecular complexity index is 210. The molecule has 0 unspecified atom stereocenters. The first kappa shape index (κ1) is 20.7. The van der Waals surface area contributed by atoms with Crippen LogP contribution in [0.4, 0.5) is 0 Å². The van der Waals surface area contributed by atoms with E-state index in [1.54, 1.807) is 0 Å². The van der Waals surface area contributed by atoms with Crippen LogP contribution in [0.1, 0.15) is 79.1 Å². The van der Waals surface area contributed by atoms with E-state index in [0.29, 0.717) is 6.17 Å². The summed E-state index contributed by atoms with van der Waals surface area (Å²) in [6.07, 6.45) is 12.8. The second-order valence-corrected chi connectivity index (χ2v) is 6.13. The first-order valence-electron chi connectivity index (χ1n) is 9.33. The van der Waals surface area contributed by atoms with Gasteiger partial charge in [-0.1, -0.05) is 46.6 Å². The Morgan fingerprint density at radius 3 is 1.57 bits per heavy atom. The van der Waals surface area contributed by atoms with E-state index in [2.05, 4.69) is 50.1 Å². The summed E-state index contributed by atoms with van der Waals surface area (Å²) in [6, 6.07) is 0. The molecule has 0 spiro atoms. The minimum atomic E-state index is 0.612. The second kappa shape index (κ2) is 14.6. The molecular formula is C19H40N2. The van der Waals surface area contributed by atoms with E-state index in [0.717, 1.165) is 6.42 Å². The van der Waals surface area contributed by atoms with Gasteiger partial charge in [-0.25, -0.2) is 0 Å². The highest BCUT2D eigenvalue weighted by Crippen LogP contribution is 2.16. The molecule has 0 aromatic carbocycles. The molecule has 0 aliphatic heterocycles. The van der Waals surface area contributed by atoms with Crippen molar-refractivity contribution < 1.29 is 0 Å². The number of hydrogen-bond acceptors (Lipinski definition) is 2. The van der Waals surface area contributed by atoms with Crippen LogP contribution in [-0.2, 0) is 0 Å². The van der Waals surface area contributed by atoms with Gasteiger partial charge in [0.1, 0.15) is 0 Å². The molecule has 2 heteroatoms. The minimum absolute atomic E-state index is 0.612. The molecule has 0 aliphatic carbocycles. The van der Waals surface area contributed by atoms with E-state index in [1.165, 1.54) is 71.1 Å². The molecule has 0 aromatic rings. The number of unbranched alkanes of at least 4 members (excludes halogenated alkanes) is 2. The maximum atomic E-state index is 3.93. The SMILES string of the molecule is C=CCCC(N(CCC)CCCC)N(CCC)CCCC. The Labute approximate surface area is 134 Å². The summed E-state index contributed by atoms with van der Waals surface area (Å²) >= 11 is 0. The topological polar surface area (TPSA) is 6.48 Å². The Balaban J connectivity index is 4.88. The van der Waals surface area contributed by atoms with Crippen molar-refractivity contribution in [3.05, 3.63) is 12.7 Å². The summed E-state index contributed by atoms with van der Waals surface area (Å²) in [5.74, 6) is 0. The largest absolute Gasteiger partial charge is 0.288 e. The smallest absolute Gasteiger partial charge is 0.0625 e. The molecule has 0 aromatic heterocycles. The van der Waals surface area contributed by atoms with Crippen LogP contribution in [-0.4, -0.2) is 42.1 Å². The molecule has 0 heterocycles. The monoisotopic (exact) mass is 296 g/mol. The van der Waals surface area contributed by atoms with Crippen molar-refractivity contribution in [2.45, 2.75) is 85.2 Å². The van der Waals surface area contributed by atoms with Gasteiger partial charge in [0.2, 0.25) is 0 Å². The molecule has 2 nitrogen and oxygen atoms in total. The maximum absolute atomic E-state index is 3.93. The fraction of sp³-hybridized carbons (Fsp3) is 0.895. The second-order valence-electron chi connectivity index (χ2n) is 6.13. The van der Waals surface area contributed by atoms with Crippen molar-refractivity contribution in [2.75, 3.05) is 26.2 Å². The predicted molar refractivity (Wildman–Crippen MR) is 96.8 cm³/mol. The van der Waals surface area contributed by atoms with Gasteiger partial charge < -0.3 is 0 Å². The van der Waals surface area contributed by atoms with Crippen LogP contribution >= 0.6 is 0 Å². The molecule has 0 amide bonds. The van der Waals surface area contributed by atoms with Crippen molar-refractivity contribution in [3.63, 3.8) is 0 Å². The lowest BCUT2D eigenvalue weighted by Crippen LogP contribution is -2.49. The highest BCUT2D eigenvalue weighted by Gasteiger charge is 2.22. The first-order chi connectivity index (χ1) is 10.2. The quantitative estimate of drug-likeness (QED) is 0.299. The summed E-state index contributed by atoms with van der Waals surface area (Å²) in [6.45, 7) is 18.1. The zero-order chi connectivity index (χ0) is 15.9. The number of rotatable bonds is 15. The average molecular weight is 297 g/mol. The van der Waals surface area contributed by atoms with Crippen LogP contribution in [0.25, 0.3) is 0 Å². The van der Waals surface area contributed by atoms with E-state index in [1.807, 2.05) is 0 Å². The third kappa shape index (κ3) is 9.31. The fourth-order valence-corrected chi connectivity index (χ4v) is 2.98. The normalized spacial score (nSPS) is 11.8. The summed E-state index contributed by atoms with van der Waals surface area (Å²) in [5.41, 5.74) is 0. The molecule has 0 atom stereocenters. The lowest BCUT2D eigenvalue weighted by Gasteiger charge is -2.40. The Hall–Kier alpha value is -0.340. The minimum Gasteiger partial charge on any atom is -0.288 e. The Kier molecular flexibility index (Phi) is 14.4. The van der Waals surface area contributed by atoms with Crippen LogP contribution < -0.4 is 0 Å². The highest BCUT2D eigenvalue weighted by atomic mass is 15.3. The molecule has 0 rings (SSSR count). The number of allylic oxidation sites excluding steroid dienone is 1. The molecule has 0 bridgehead atoms. The van der Waals surface area contributed by atoms with Crippen molar-refractivity contribution in [1.82, 2.24) is 9.80 Å². The van der Waals surface area contributed by atoms with Crippen molar-refractivity contribution in [2.24, 2.45) is 0 Å². The molecule has 0 aliphatic rings. The third-order valence-electron chi connectivity index (χ3n) is 4.09. The van der Waals surface area contributed by atoms with Crippen LogP contribution in [0.5, 0.6) is 0 Å². The predicted octanol–water partition coefficient (Wildman–Crippen LogP) is 5.30. The van der Waals surface area contributed by atoms with Gasteiger partial charge in [0.25, 0.3) is 0 Å². The summed E-state index contributed by atoms with van der Waals surface area (Å²) < 4.78 is 0. The summed E-state index contributed by atoms with van der Waals surface area (Å²) in [4.78, 5) is 5.47. The number of hydrogen-bond donors (Lipinski definition) is 0. The lowest BCUT2D eigenvalue weighted by atomic mass is 10.1. The fourth-order valence-electron chi connectivity index (χ4n) is 2.98. The van der Waals surface area contributed by atoms with Gasteiger partial charge in [0.05, 0.1) is 6.17 Å². The molecule has 126 valence electrons. The Morgan fingerprint density at radius 2 is 1.24 bits per heavy atom. The lowest BCUT2D eigenvalue weighted by molar-refractivity contribution is 0.0336. The van der Waals surface area contributed by atoms with Gasteiger partial charge in [-0.3, -0.25) is 9.80 Å². The first-order valence-corrected chi connectivity index (χ1v) is 9.33. The van der Waals surface area contributed by atoms with E-state index < -0.39 is 0 Å². The van der Waals surface area contributed by atoms with Gasteiger partial charge >= 0.3 is 0 Å². The molecule has 0 N–H and O–H groups in total. The summed E-state index contributed by atoms with van der Waals surface area (Å²) in [7, 11) is 0. The zero-order valence-electron chi connectivity index (χ0n) is 15.2. The molecule has 21 heavy (non-hydrogen) atoms. The molecule has 0 fully saturated rings. The van der Waals surface area contributed by atoms with Crippen molar-refractivity contribution >= 4 is 0 Å². The van der Waals surface area contributed by atoms with Crippen molar-refractivity contribution in [3.8, 4) is 0 Å². The van der Waals surface area contributed by atoms with Crippen LogP contribution in [0, 0.1) is 0 Å². The molecule has 0 saturated carbocycles. The molecule has 0 radical (unpaired) electrons. The average Bonchev–Trinajstić information content (AvgIpc) is 2.50. The van der Waals surface area contributed by atoms with Crippen molar-refractivity contribution in [1.29, 1.82) is 0 Å². The molecular weight excluding hydrogens is 256 g/mol. The van der Waals surface area contributed by atoms with E-state index in [9.17, 15) is 0 Å². The van der Waals surface area contributed by atoms with Gasteiger partial charge in [-0.15, -0.1) is 6.58 Å². The van der Waals surface area contributed by atoms with Gasteiger partial charge in [0.15, 0.2) is 0 Å². The van der Waals surface area contributed by atoms with Gasteiger partial charge in [0, 0.05) is 0 Å². The zero-order valence-corrected chi connectivity index (χ0v) is 15.2. The van der Waals surface area contributed by atoms with Gasteiger partial charge in [-0.2, -0.15) is 0 Å². The maximum Gasteiger partial charge on any atom is 0.0625 e. The van der Waals surface area contributed by atoms with E-state index in [4.69, 9.17) is 0 Å². The third-order valence-corrected chi connectivity index (χ3v) is 4.09. The van der Waals surface area contributed by atoms with Crippen LogP contribution in [0.15, 0.2) is 12.7 Å². The van der Waals surface area contributed by atoms with E-state index in [-0.39, 0.29) is 0 Å². The Morgan fingerprint density at radius 1 is 0.762 bits per heavy atom. The van der Waals surface area contributed by atoms with Crippen LogP contribution in [0.3, 0.4) is 0 Å². The highest BCUT2D eigenvalue weighted by molar-refractivity contribution is 4.78. The van der Waals surface area contributed by atoms with E-state index >= 15 is 0 Å². The summed E-state index contributed by atoms with van der Waals surface area (Å²) in [5, 5.41) is 0.